The van der Waals surface area contributed by atoms with Gasteiger partial charge in [0.15, 0.2) is 5.11 Å². The van der Waals surface area contributed by atoms with E-state index in [0.717, 1.165) is 16.0 Å². The van der Waals surface area contributed by atoms with Crippen LogP contribution in [-0.2, 0) is 4.79 Å². The lowest BCUT2D eigenvalue weighted by molar-refractivity contribution is -0.132. The highest BCUT2D eigenvalue weighted by Crippen LogP contribution is 2.30. The molecule has 1 fully saturated rings. The molecular formula is C26H24N4O3S. The number of hydrogen-bond acceptors (Lipinski definition) is 4. The van der Waals surface area contributed by atoms with Gasteiger partial charge in [0.25, 0.3) is 11.8 Å². The molecule has 0 saturated carbocycles. The van der Waals surface area contributed by atoms with Crippen molar-refractivity contribution in [1.29, 1.82) is 0 Å². The van der Waals surface area contributed by atoms with Crippen LogP contribution in [-0.4, -0.2) is 70.3 Å². The first-order valence-electron chi connectivity index (χ1n) is 11.2. The number of benzene rings is 3. The number of imide groups is 1. The molecule has 2 aliphatic heterocycles. The summed E-state index contributed by atoms with van der Waals surface area (Å²) in [6, 6.07) is 18.7. The van der Waals surface area contributed by atoms with Crippen molar-refractivity contribution in [3.8, 4) is 0 Å². The molecule has 172 valence electrons. The maximum absolute atomic E-state index is 13.1. The normalized spacial score (nSPS) is 15.6. The van der Waals surface area contributed by atoms with E-state index in [1.54, 1.807) is 29.2 Å². The van der Waals surface area contributed by atoms with Gasteiger partial charge in [0.05, 0.1) is 0 Å². The fraction of sp³-hybridized carbons (Fsp3) is 0.231. The SMILES string of the molecule is Cc1ccc(NC(=S)N2CCN(C(=O)CN3C(=O)c4cccc5cccc(c45)C3=O)CC2)cc1. The summed E-state index contributed by atoms with van der Waals surface area (Å²) in [6.45, 7) is 3.85. The first kappa shape index (κ1) is 22.0. The Balaban J connectivity index is 1.22. The van der Waals surface area contributed by atoms with E-state index in [1.807, 2.05) is 48.2 Å². The van der Waals surface area contributed by atoms with Gasteiger partial charge in [0, 0.05) is 48.4 Å². The van der Waals surface area contributed by atoms with Crippen LogP contribution in [0.5, 0.6) is 0 Å². The number of anilines is 1. The minimum atomic E-state index is -0.426. The Bertz CT molecular complexity index is 1260. The van der Waals surface area contributed by atoms with Crippen molar-refractivity contribution in [2.45, 2.75) is 6.92 Å². The van der Waals surface area contributed by atoms with Crippen molar-refractivity contribution < 1.29 is 14.4 Å². The average molecular weight is 473 g/mol. The molecule has 1 saturated heterocycles. The van der Waals surface area contributed by atoms with E-state index in [-0.39, 0.29) is 12.5 Å². The lowest BCUT2D eigenvalue weighted by atomic mass is 9.94. The Labute approximate surface area is 202 Å². The summed E-state index contributed by atoms with van der Waals surface area (Å²) in [4.78, 5) is 43.9. The molecule has 8 heteroatoms. The highest BCUT2D eigenvalue weighted by molar-refractivity contribution is 7.80. The minimum Gasteiger partial charge on any atom is -0.345 e. The summed E-state index contributed by atoms with van der Waals surface area (Å²) >= 11 is 5.54. The third-order valence-electron chi connectivity index (χ3n) is 6.37. The average Bonchev–Trinajstić information content (AvgIpc) is 2.86. The van der Waals surface area contributed by atoms with Gasteiger partial charge in [-0.15, -0.1) is 0 Å². The summed E-state index contributed by atoms with van der Waals surface area (Å²) in [6.07, 6.45) is 0. The van der Waals surface area contributed by atoms with Crippen LogP contribution in [0.2, 0.25) is 0 Å². The van der Waals surface area contributed by atoms with Crippen LogP contribution in [0, 0.1) is 6.92 Å². The third kappa shape index (κ3) is 4.01. The summed E-state index contributed by atoms with van der Waals surface area (Å²) < 4.78 is 0. The number of aryl methyl sites for hydroxylation is 1. The first-order chi connectivity index (χ1) is 16.4. The van der Waals surface area contributed by atoms with Crippen molar-refractivity contribution in [2.24, 2.45) is 0 Å². The van der Waals surface area contributed by atoms with Gasteiger partial charge < -0.3 is 15.1 Å². The highest BCUT2D eigenvalue weighted by Gasteiger charge is 2.35. The Morgan fingerprint density at radius 1 is 0.853 bits per heavy atom. The number of rotatable bonds is 3. The zero-order valence-electron chi connectivity index (χ0n) is 18.8. The number of amides is 3. The largest absolute Gasteiger partial charge is 0.345 e. The highest BCUT2D eigenvalue weighted by atomic mass is 32.1. The van der Waals surface area contributed by atoms with Crippen molar-refractivity contribution in [2.75, 3.05) is 38.0 Å². The van der Waals surface area contributed by atoms with E-state index < -0.39 is 11.8 Å². The minimum absolute atomic E-state index is 0.245. The van der Waals surface area contributed by atoms with Gasteiger partial charge >= 0.3 is 0 Å². The molecule has 5 rings (SSSR count). The number of carbonyl (C=O) groups excluding carboxylic acids is 3. The van der Waals surface area contributed by atoms with Crippen LogP contribution in [0.1, 0.15) is 26.3 Å². The first-order valence-corrected chi connectivity index (χ1v) is 11.6. The molecule has 0 atom stereocenters. The fourth-order valence-corrected chi connectivity index (χ4v) is 4.76. The standard InChI is InChI=1S/C26H24N4O3S/c1-17-8-10-19(11-9-17)27-26(34)29-14-12-28(13-15-29)22(31)16-30-24(32)20-6-2-4-18-5-3-7-21(23(18)20)25(30)33/h2-11H,12-16H2,1H3,(H,27,34). The number of thiocarbonyl (C=S) groups is 1. The molecule has 0 aliphatic carbocycles. The zero-order chi connectivity index (χ0) is 23.8. The molecule has 0 radical (unpaired) electrons. The molecule has 7 nitrogen and oxygen atoms in total. The molecule has 1 N–H and O–H groups in total. The van der Waals surface area contributed by atoms with Gasteiger partial charge in [-0.2, -0.15) is 0 Å². The van der Waals surface area contributed by atoms with E-state index in [0.29, 0.717) is 47.8 Å². The topological polar surface area (TPSA) is 73.0 Å². The van der Waals surface area contributed by atoms with E-state index in [4.69, 9.17) is 12.2 Å². The van der Waals surface area contributed by atoms with Crippen LogP contribution in [0.3, 0.4) is 0 Å². The summed E-state index contributed by atoms with van der Waals surface area (Å²) in [5.41, 5.74) is 3.01. The molecule has 3 aromatic rings. The summed E-state index contributed by atoms with van der Waals surface area (Å²) in [7, 11) is 0. The lowest BCUT2D eigenvalue weighted by Crippen LogP contribution is -2.54. The fourth-order valence-electron chi connectivity index (χ4n) is 4.46. The molecule has 2 heterocycles. The van der Waals surface area contributed by atoms with Crippen molar-refractivity contribution in [3.05, 3.63) is 77.4 Å². The Kier molecular flexibility index (Phi) is 5.75. The molecular weight excluding hydrogens is 448 g/mol. The number of hydrogen-bond donors (Lipinski definition) is 1. The Morgan fingerprint density at radius 3 is 2.00 bits per heavy atom. The smallest absolute Gasteiger partial charge is 0.261 e. The van der Waals surface area contributed by atoms with E-state index in [1.165, 1.54) is 5.56 Å². The third-order valence-corrected chi connectivity index (χ3v) is 6.73. The van der Waals surface area contributed by atoms with Gasteiger partial charge in [0.1, 0.15) is 6.54 Å². The Hall–Kier alpha value is -3.78. The van der Waals surface area contributed by atoms with Crippen LogP contribution >= 0.6 is 12.2 Å². The van der Waals surface area contributed by atoms with Gasteiger partial charge in [-0.25, -0.2) is 0 Å². The molecule has 3 aromatic carbocycles. The van der Waals surface area contributed by atoms with Crippen LogP contribution in [0.25, 0.3) is 10.8 Å². The molecule has 0 aromatic heterocycles. The van der Waals surface area contributed by atoms with Crippen molar-refractivity contribution in [1.82, 2.24) is 14.7 Å². The monoisotopic (exact) mass is 472 g/mol. The maximum atomic E-state index is 13.1. The molecule has 0 bridgehead atoms. The predicted octanol–water partition coefficient (Wildman–Crippen LogP) is 3.29. The van der Waals surface area contributed by atoms with Crippen molar-refractivity contribution in [3.63, 3.8) is 0 Å². The second-order valence-electron chi connectivity index (χ2n) is 8.57. The molecule has 0 spiro atoms. The van der Waals surface area contributed by atoms with Crippen LogP contribution in [0.4, 0.5) is 5.69 Å². The second-order valence-corrected chi connectivity index (χ2v) is 8.96. The van der Waals surface area contributed by atoms with Gasteiger partial charge in [-0.05, 0) is 48.8 Å². The quantitative estimate of drug-likeness (QED) is 0.466. The van der Waals surface area contributed by atoms with Crippen LogP contribution in [0.15, 0.2) is 60.7 Å². The van der Waals surface area contributed by atoms with Gasteiger partial charge in [-0.3, -0.25) is 19.3 Å². The number of nitrogens with zero attached hydrogens (tertiary/aromatic N) is 3. The van der Waals surface area contributed by atoms with Gasteiger partial charge in [-0.1, -0.05) is 42.0 Å². The summed E-state index contributed by atoms with van der Waals surface area (Å²) in [5.74, 6) is -1.10. The molecule has 0 unspecified atom stereocenters. The zero-order valence-corrected chi connectivity index (χ0v) is 19.6. The van der Waals surface area contributed by atoms with E-state index >= 15 is 0 Å². The Morgan fingerprint density at radius 2 is 1.41 bits per heavy atom. The molecule has 3 amide bonds. The predicted molar refractivity (Wildman–Crippen MR) is 135 cm³/mol. The second kappa shape index (κ2) is 8.87. The summed E-state index contributed by atoms with van der Waals surface area (Å²) in [5, 5.41) is 5.35. The van der Waals surface area contributed by atoms with Crippen molar-refractivity contribution >= 4 is 51.5 Å². The maximum Gasteiger partial charge on any atom is 0.261 e. The molecule has 2 aliphatic rings. The van der Waals surface area contributed by atoms with E-state index in [2.05, 4.69) is 5.32 Å². The lowest BCUT2D eigenvalue weighted by Gasteiger charge is -2.37. The molecule has 34 heavy (non-hydrogen) atoms. The van der Waals surface area contributed by atoms with Gasteiger partial charge in [0.2, 0.25) is 5.91 Å². The number of piperazine rings is 1. The number of carbonyl (C=O) groups is 3. The van der Waals surface area contributed by atoms with E-state index in [9.17, 15) is 14.4 Å². The number of nitrogens with one attached hydrogen (secondary N) is 1. The van der Waals surface area contributed by atoms with Crippen LogP contribution < -0.4 is 5.32 Å².